The van der Waals surface area contributed by atoms with Crippen LogP contribution in [0.1, 0.15) is 0 Å². The second kappa shape index (κ2) is 2.23. The lowest BCUT2D eigenvalue weighted by Crippen LogP contribution is -1.88. The summed E-state index contributed by atoms with van der Waals surface area (Å²) in [6.45, 7) is 0. The quantitative estimate of drug-likeness (QED) is 0.527. The number of aromatic nitrogens is 3. The predicted octanol–water partition coefficient (Wildman–Crippen LogP) is 1.16. The van der Waals surface area contributed by atoms with Crippen LogP contribution < -0.4 is 0 Å². The number of hydrogen-bond acceptors (Lipinski definition) is 3. The highest BCUT2D eigenvalue weighted by Gasteiger charge is 1.95. The SMILES string of the molecule is Fc1ccc2ccnnc2n1. The minimum atomic E-state index is -0.530. The second-order valence-electron chi connectivity index (χ2n) is 2.08. The first-order valence-electron chi connectivity index (χ1n) is 3.10. The lowest BCUT2D eigenvalue weighted by atomic mass is 10.3. The summed E-state index contributed by atoms with van der Waals surface area (Å²) < 4.78 is 12.5. The maximum Gasteiger partial charge on any atom is 0.214 e. The van der Waals surface area contributed by atoms with Gasteiger partial charge in [-0.2, -0.15) is 14.5 Å². The van der Waals surface area contributed by atoms with Crippen LogP contribution in [0.25, 0.3) is 11.0 Å². The van der Waals surface area contributed by atoms with Crippen LogP contribution in [0.5, 0.6) is 0 Å². The zero-order valence-electron chi connectivity index (χ0n) is 5.53. The highest BCUT2D eigenvalue weighted by Crippen LogP contribution is 2.06. The molecule has 0 aliphatic heterocycles. The fourth-order valence-corrected chi connectivity index (χ4v) is 0.848. The Balaban J connectivity index is 2.83. The average Bonchev–Trinajstić information content (AvgIpc) is 2.04. The maximum atomic E-state index is 12.5. The molecule has 0 radical (unpaired) electrons. The Morgan fingerprint density at radius 1 is 1.18 bits per heavy atom. The number of halogens is 1. The Bertz CT molecular complexity index is 388. The molecule has 3 nitrogen and oxygen atoms in total. The molecule has 0 aromatic carbocycles. The highest BCUT2D eigenvalue weighted by molar-refractivity contribution is 5.72. The van der Waals surface area contributed by atoms with Crippen molar-refractivity contribution < 1.29 is 4.39 Å². The average molecular weight is 149 g/mol. The molecule has 0 unspecified atom stereocenters. The monoisotopic (exact) mass is 149 g/mol. The molecule has 0 fully saturated rings. The lowest BCUT2D eigenvalue weighted by Gasteiger charge is -1.91. The predicted molar refractivity (Wildman–Crippen MR) is 37.3 cm³/mol. The van der Waals surface area contributed by atoms with Gasteiger partial charge in [-0.3, -0.25) is 0 Å². The Morgan fingerprint density at radius 3 is 3.00 bits per heavy atom. The standard InChI is InChI=1S/C7H4FN3/c8-6-2-1-5-3-4-9-11-7(5)10-6/h1-4H. The third-order valence-electron chi connectivity index (χ3n) is 1.34. The molecule has 2 aromatic rings. The summed E-state index contributed by atoms with van der Waals surface area (Å²) in [5.74, 6) is -0.530. The van der Waals surface area contributed by atoms with Gasteiger partial charge in [-0.25, -0.2) is 0 Å². The van der Waals surface area contributed by atoms with E-state index in [-0.39, 0.29) is 0 Å². The molecule has 4 heteroatoms. The summed E-state index contributed by atoms with van der Waals surface area (Å²) >= 11 is 0. The minimum Gasteiger partial charge on any atom is -0.198 e. The number of rotatable bonds is 0. The second-order valence-corrected chi connectivity index (χ2v) is 2.08. The number of nitrogens with zero attached hydrogens (tertiary/aromatic N) is 3. The molecule has 2 rings (SSSR count). The molecule has 0 spiro atoms. The van der Waals surface area contributed by atoms with Gasteiger partial charge < -0.3 is 0 Å². The zero-order chi connectivity index (χ0) is 7.68. The van der Waals surface area contributed by atoms with E-state index in [9.17, 15) is 4.39 Å². The van der Waals surface area contributed by atoms with E-state index < -0.39 is 5.95 Å². The lowest BCUT2D eigenvalue weighted by molar-refractivity contribution is 0.587. The third kappa shape index (κ3) is 1.02. The number of hydrogen-bond donors (Lipinski definition) is 0. The van der Waals surface area contributed by atoms with Crippen molar-refractivity contribution in [2.45, 2.75) is 0 Å². The van der Waals surface area contributed by atoms with Crippen molar-refractivity contribution in [3.63, 3.8) is 0 Å². The molecule has 0 aliphatic rings. The van der Waals surface area contributed by atoms with E-state index >= 15 is 0 Å². The van der Waals surface area contributed by atoms with Crippen molar-refractivity contribution in [1.29, 1.82) is 0 Å². The largest absolute Gasteiger partial charge is 0.214 e. The van der Waals surface area contributed by atoms with Crippen molar-refractivity contribution >= 4 is 11.0 Å². The van der Waals surface area contributed by atoms with Gasteiger partial charge in [-0.05, 0) is 18.2 Å². The number of pyridine rings is 1. The first-order valence-corrected chi connectivity index (χ1v) is 3.10. The summed E-state index contributed by atoms with van der Waals surface area (Å²) in [6.07, 6.45) is 1.54. The van der Waals surface area contributed by atoms with E-state index in [0.717, 1.165) is 5.39 Å². The van der Waals surface area contributed by atoms with Crippen LogP contribution in [0.15, 0.2) is 24.4 Å². The van der Waals surface area contributed by atoms with Crippen LogP contribution in [0.3, 0.4) is 0 Å². The van der Waals surface area contributed by atoms with E-state index in [0.29, 0.717) is 5.65 Å². The molecule has 2 heterocycles. The highest BCUT2D eigenvalue weighted by atomic mass is 19.1. The van der Waals surface area contributed by atoms with Gasteiger partial charge in [0.05, 0.1) is 6.20 Å². The molecule has 11 heavy (non-hydrogen) atoms. The first-order chi connectivity index (χ1) is 5.36. The van der Waals surface area contributed by atoms with E-state index in [4.69, 9.17) is 0 Å². The van der Waals surface area contributed by atoms with Gasteiger partial charge in [0, 0.05) is 5.39 Å². The normalized spacial score (nSPS) is 10.3. The fourth-order valence-electron chi connectivity index (χ4n) is 0.848. The van der Waals surface area contributed by atoms with Gasteiger partial charge >= 0.3 is 0 Å². The van der Waals surface area contributed by atoms with Crippen molar-refractivity contribution in [2.24, 2.45) is 0 Å². The van der Waals surface area contributed by atoms with Crippen molar-refractivity contribution in [1.82, 2.24) is 15.2 Å². The summed E-state index contributed by atoms with van der Waals surface area (Å²) in [6, 6.07) is 4.64. The molecule has 0 bridgehead atoms. The maximum absolute atomic E-state index is 12.5. The Morgan fingerprint density at radius 2 is 2.09 bits per heavy atom. The molecule has 54 valence electrons. The molecule has 0 N–H and O–H groups in total. The van der Waals surface area contributed by atoms with E-state index in [2.05, 4.69) is 15.2 Å². The molecule has 0 saturated carbocycles. The van der Waals surface area contributed by atoms with E-state index in [1.165, 1.54) is 6.07 Å². The van der Waals surface area contributed by atoms with E-state index in [1.54, 1.807) is 18.3 Å². The van der Waals surface area contributed by atoms with Gasteiger partial charge in [0.15, 0.2) is 5.65 Å². The van der Waals surface area contributed by atoms with Crippen molar-refractivity contribution in [2.75, 3.05) is 0 Å². The van der Waals surface area contributed by atoms with Crippen molar-refractivity contribution in [3.8, 4) is 0 Å². The molecular weight excluding hydrogens is 145 g/mol. The summed E-state index contributed by atoms with van der Waals surface area (Å²) in [7, 11) is 0. The van der Waals surface area contributed by atoms with Crippen LogP contribution >= 0.6 is 0 Å². The Hall–Kier alpha value is -1.58. The fraction of sp³-hybridized carbons (Fsp3) is 0. The molecule has 0 amide bonds. The van der Waals surface area contributed by atoms with Gasteiger partial charge in [-0.1, -0.05) is 0 Å². The zero-order valence-corrected chi connectivity index (χ0v) is 5.53. The summed E-state index contributed by atoms with van der Waals surface area (Å²) in [5.41, 5.74) is 0.340. The van der Waals surface area contributed by atoms with E-state index in [1.807, 2.05) is 0 Å². The molecule has 0 saturated heterocycles. The topological polar surface area (TPSA) is 38.7 Å². The van der Waals surface area contributed by atoms with Crippen LogP contribution in [0.2, 0.25) is 0 Å². The Labute approximate surface area is 61.9 Å². The van der Waals surface area contributed by atoms with Crippen LogP contribution in [-0.2, 0) is 0 Å². The van der Waals surface area contributed by atoms with Gasteiger partial charge in [0.25, 0.3) is 0 Å². The van der Waals surface area contributed by atoms with Crippen LogP contribution in [0, 0.1) is 5.95 Å². The van der Waals surface area contributed by atoms with Gasteiger partial charge in [0.1, 0.15) is 0 Å². The summed E-state index contributed by atoms with van der Waals surface area (Å²) in [5, 5.41) is 8.01. The van der Waals surface area contributed by atoms with Crippen LogP contribution in [0.4, 0.5) is 4.39 Å². The first kappa shape index (κ1) is 6.15. The molecular formula is C7H4FN3. The summed E-state index contributed by atoms with van der Waals surface area (Å²) in [4.78, 5) is 3.54. The van der Waals surface area contributed by atoms with Gasteiger partial charge in [0.2, 0.25) is 5.95 Å². The van der Waals surface area contributed by atoms with Crippen molar-refractivity contribution in [3.05, 3.63) is 30.3 Å². The molecule has 0 aliphatic carbocycles. The van der Waals surface area contributed by atoms with Crippen LogP contribution in [-0.4, -0.2) is 15.2 Å². The Kier molecular flexibility index (Phi) is 1.25. The molecule has 0 atom stereocenters. The smallest absolute Gasteiger partial charge is 0.198 e. The molecule has 2 aromatic heterocycles. The minimum absolute atomic E-state index is 0.340. The third-order valence-corrected chi connectivity index (χ3v) is 1.34. The van der Waals surface area contributed by atoms with Gasteiger partial charge in [-0.15, -0.1) is 5.10 Å². The number of fused-ring (bicyclic) bond motifs is 1.